The first kappa shape index (κ1) is 25.0. The number of aromatic nitrogens is 8. The minimum atomic E-state index is -0.397. The van der Waals surface area contributed by atoms with Gasteiger partial charge in [0.1, 0.15) is 12.2 Å². The first-order valence-corrected chi connectivity index (χ1v) is 13.6. The van der Waals surface area contributed by atoms with E-state index in [4.69, 9.17) is 4.98 Å². The van der Waals surface area contributed by atoms with Gasteiger partial charge >= 0.3 is 5.69 Å². The second-order valence-electron chi connectivity index (χ2n) is 10.8. The van der Waals surface area contributed by atoms with Crippen LogP contribution in [0.15, 0.2) is 64.4 Å². The van der Waals surface area contributed by atoms with Gasteiger partial charge in [-0.1, -0.05) is 75.6 Å². The molecule has 200 valence electrons. The van der Waals surface area contributed by atoms with Gasteiger partial charge in [-0.15, -0.1) is 5.10 Å². The predicted molar refractivity (Wildman–Crippen MR) is 149 cm³/mol. The largest absolute Gasteiger partial charge is 0.330 e. The fraction of sp³-hybridized carbons (Fsp3) is 0.379. The summed E-state index contributed by atoms with van der Waals surface area (Å²) in [5.41, 5.74) is 4.19. The molecule has 0 radical (unpaired) electrons. The summed E-state index contributed by atoms with van der Waals surface area (Å²) in [4.78, 5) is 33.5. The third kappa shape index (κ3) is 4.82. The van der Waals surface area contributed by atoms with Gasteiger partial charge in [0.05, 0.1) is 5.69 Å². The number of tetrazole rings is 1. The first-order chi connectivity index (χ1) is 19.0. The monoisotopic (exact) mass is 524 g/mol. The summed E-state index contributed by atoms with van der Waals surface area (Å²) in [6.45, 7) is 5.12. The molecule has 1 aliphatic rings. The number of hydrogen-bond acceptors (Lipinski definition) is 6. The van der Waals surface area contributed by atoms with Crippen LogP contribution in [0.4, 0.5) is 0 Å². The Bertz CT molecular complexity index is 1710. The number of fused-ring (bicyclic) bond motifs is 1. The SMILES string of the molecule is CC(C)Cn1c(=O)[nH]c(=O)c2c1nc(C1CCCCC1)n2Cc1ccc(-c2ccccc2-n2cnnn2)cc1. The number of aromatic amines is 1. The van der Waals surface area contributed by atoms with Crippen molar-refractivity contribution in [2.24, 2.45) is 5.92 Å². The molecule has 10 nitrogen and oxygen atoms in total. The normalized spacial score (nSPS) is 14.4. The number of H-pyrrole nitrogens is 1. The van der Waals surface area contributed by atoms with Crippen LogP contribution in [0.3, 0.4) is 0 Å². The molecular formula is C29H32N8O2. The van der Waals surface area contributed by atoms with E-state index in [-0.39, 0.29) is 17.4 Å². The van der Waals surface area contributed by atoms with Crippen LogP contribution in [0.2, 0.25) is 0 Å². The van der Waals surface area contributed by atoms with Gasteiger partial charge in [0.15, 0.2) is 11.2 Å². The summed E-state index contributed by atoms with van der Waals surface area (Å²) in [6, 6.07) is 16.3. The van der Waals surface area contributed by atoms with Crippen LogP contribution >= 0.6 is 0 Å². The third-order valence-electron chi connectivity index (χ3n) is 7.54. The van der Waals surface area contributed by atoms with E-state index in [9.17, 15) is 9.59 Å². The molecule has 2 aromatic carbocycles. The lowest BCUT2D eigenvalue weighted by molar-refractivity contribution is 0.419. The average molecular weight is 525 g/mol. The topological polar surface area (TPSA) is 116 Å². The van der Waals surface area contributed by atoms with Crippen LogP contribution in [0, 0.1) is 5.92 Å². The van der Waals surface area contributed by atoms with Gasteiger partial charge < -0.3 is 4.57 Å². The second-order valence-corrected chi connectivity index (χ2v) is 10.8. The van der Waals surface area contributed by atoms with Gasteiger partial charge in [-0.3, -0.25) is 14.3 Å². The lowest BCUT2D eigenvalue weighted by atomic mass is 9.88. The summed E-state index contributed by atoms with van der Waals surface area (Å²) >= 11 is 0. The maximum atomic E-state index is 13.2. The molecule has 10 heteroatoms. The van der Waals surface area contributed by atoms with Crippen molar-refractivity contribution in [3.05, 3.63) is 87.1 Å². The van der Waals surface area contributed by atoms with Crippen LogP contribution in [0.5, 0.6) is 0 Å². The van der Waals surface area contributed by atoms with Crippen LogP contribution in [0.1, 0.15) is 63.3 Å². The Morgan fingerprint density at radius 2 is 1.74 bits per heavy atom. The summed E-state index contributed by atoms with van der Waals surface area (Å²) in [6.07, 6.45) is 7.20. The molecule has 6 rings (SSSR count). The highest BCUT2D eigenvalue weighted by Gasteiger charge is 2.26. The van der Waals surface area contributed by atoms with E-state index in [1.54, 1.807) is 15.6 Å². The Kier molecular flexibility index (Phi) is 6.68. The molecule has 1 N–H and O–H groups in total. The Hall–Kier alpha value is -4.34. The van der Waals surface area contributed by atoms with Crippen molar-refractivity contribution in [1.29, 1.82) is 0 Å². The molecule has 0 atom stereocenters. The van der Waals surface area contributed by atoms with Crippen LogP contribution < -0.4 is 11.2 Å². The Morgan fingerprint density at radius 1 is 0.974 bits per heavy atom. The number of imidazole rings is 1. The van der Waals surface area contributed by atoms with Crippen molar-refractivity contribution < 1.29 is 0 Å². The van der Waals surface area contributed by atoms with E-state index in [1.165, 1.54) is 6.42 Å². The fourth-order valence-corrected chi connectivity index (χ4v) is 5.72. The smallest absolute Gasteiger partial charge is 0.317 e. The lowest BCUT2D eigenvalue weighted by Crippen LogP contribution is -2.32. The highest BCUT2D eigenvalue weighted by atomic mass is 16.2. The molecule has 0 unspecified atom stereocenters. The van der Waals surface area contributed by atoms with E-state index >= 15 is 0 Å². The summed E-state index contributed by atoms with van der Waals surface area (Å²) in [7, 11) is 0. The van der Waals surface area contributed by atoms with Crippen LogP contribution in [-0.4, -0.2) is 39.3 Å². The molecule has 39 heavy (non-hydrogen) atoms. The average Bonchev–Trinajstić information content (AvgIpc) is 3.61. The molecule has 0 bridgehead atoms. The van der Waals surface area contributed by atoms with E-state index < -0.39 is 5.69 Å². The number of benzene rings is 2. The number of rotatable bonds is 7. The maximum absolute atomic E-state index is 13.2. The molecule has 0 aliphatic heterocycles. The molecule has 1 fully saturated rings. The number of hydrogen-bond donors (Lipinski definition) is 1. The summed E-state index contributed by atoms with van der Waals surface area (Å²) < 4.78 is 5.33. The standard InChI is InChI=1S/C29H32N8O2/c1-19(2)16-36-27-25(28(38)32-29(36)39)35(26(31-27)22-8-4-3-5-9-22)17-20-12-14-21(15-13-20)23-10-6-7-11-24(23)37-18-30-33-34-37/h6-7,10-15,18-19,22H,3-5,8-9,16-17H2,1-2H3,(H,32,38,39). The maximum Gasteiger partial charge on any atom is 0.330 e. The van der Waals surface area contributed by atoms with E-state index in [0.29, 0.717) is 24.3 Å². The lowest BCUT2D eigenvalue weighted by Gasteiger charge is -2.22. The molecule has 1 aliphatic carbocycles. The van der Waals surface area contributed by atoms with Gasteiger partial charge in [0.2, 0.25) is 0 Å². The molecule has 3 aromatic heterocycles. The molecule has 5 aromatic rings. The zero-order valence-electron chi connectivity index (χ0n) is 22.2. The van der Waals surface area contributed by atoms with Gasteiger partial charge in [0.25, 0.3) is 5.56 Å². The zero-order valence-corrected chi connectivity index (χ0v) is 22.2. The molecule has 0 spiro atoms. The van der Waals surface area contributed by atoms with Gasteiger partial charge in [-0.2, -0.15) is 4.68 Å². The minimum absolute atomic E-state index is 0.240. The molecule has 0 saturated heterocycles. The van der Waals surface area contributed by atoms with E-state index in [0.717, 1.165) is 53.9 Å². The van der Waals surface area contributed by atoms with Crippen LogP contribution in [-0.2, 0) is 13.1 Å². The second kappa shape index (κ2) is 10.4. The van der Waals surface area contributed by atoms with E-state index in [1.807, 2.05) is 28.8 Å². The third-order valence-corrected chi connectivity index (χ3v) is 7.54. The fourth-order valence-electron chi connectivity index (χ4n) is 5.72. The van der Waals surface area contributed by atoms with Gasteiger partial charge in [-0.05, 0) is 46.4 Å². The quantitative estimate of drug-likeness (QED) is 0.340. The summed E-state index contributed by atoms with van der Waals surface area (Å²) in [5, 5.41) is 11.6. The summed E-state index contributed by atoms with van der Waals surface area (Å²) in [5.74, 6) is 1.42. The van der Waals surface area contributed by atoms with Crippen molar-refractivity contribution in [3.63, 3.8) is 0 Å². The van der Waals surface area contributed by atoms with Crippen molar-refractivity contribution in [1.82, 2.24) is 39.3 Å². The van der Waals surface area contributed by atoms with Gasteiger partial charge in [-0.25, -0.2) is 9.78 Å². The first-order valence-electron chi connectivity index (χ1n) is 13.6. The zero-order chi connectivity index (χ0) is 26.9. The highest BCUT2D eigenvalue weighted by molar-refractivity contribution is 5.73. The molecule has 1 saturated carbocycles. The number of nitrogens with one attached hydrogen (secondary N) is 1. The van der Waals surface area contributed by atoms with Crippen molar-refractivity contribution in [2.45, 2.75) is 65.0 Å². The highest BCUT2D eigenvalue weighted by Crippen LogP contribution is 2.34. The van der Waals surface area contributed by atoms with Crippen molar-refractivity contribution in [2.75, 3.05) is 0 Å². The number of para-hydroxylation sites is 1. The Balaban J connectivity index is 1.42. The Labute approximate surface area is 225 Å². The van der Waals surface area contributed by atoms with Crippen molar-refractivity contribution in [3.8, 4) is 16.8 Å². The van der Waals surface area contributed by atoms with E-state index in [2.05, 4.69) is 58.6 Å². The Morgan fingerprint density at radius 3 is 2.46 bits per heavy atom. The number of nitrogens with zero attached hydrogens (tertiary/aromatic N) is 7. The molecule has 3 heterocycles. The van der Waals surface area contributed by atoms with Gasteiger partial charge in [0, 0.05) is 24.6 Å². The van der Waals surface area contributed by atoms with Crippen LogP contribution in [0.25, 0.3) is 28.0 Å². The molecule has 0 amide bonds. The molecular weight excluding hydrogens is 492 g/mol. The minimum Gasteiger partial charge on any atom is -0.317 e. The predicted octanol–water partition coefficient (Wildman–Crippen LogP) is 4.28. The van der Waals surface area contributed by atoms with Crippen molar-refractivity contribution >= 4 is 11.2 Å².